The molecule has 234 valence electrons. The smallest absolute Gasteiger partial charge is 0.335 e. The molecule has 8 nitrogen and oxygen atoms in total. The maximum absolute atomic E-state index is 12.0. The maximum atomic E-state index is 12.0. The zero-order valence-electron chi connectivity index (χ0n) is 25.0. The summed E-state index contributed by atoms with van der Waals surface area (Å²) in [4.78, 5) is 14.4. The average molecular weight is 632 g/mol. The molecule has 0 radical (unpaired) electrons. The molecule has 4 aliphatic rings. The number of aryl methyl sites for hydroxylation is 1. The Balaban J connectivity index is 1.28. The number of nitrogens with zero attached hydrogens (tertiary/aromatic N) is 1. The first-order chi connectivity index (χ1) is 20.5. The number of aromatic carboxylic acids is 1. The van der Waals surface area contributed by atoms with Gasteiger partial charge in [0.25, 0.3) is 10.1 Å². The van der Waals surface area contributed by atoms with E-state index in [0.717, 1.165) is 87.2 Å². The van der Waals surface area contributed by atoms with Crippen LogP contribution in [0.5, 0.6) is 5.75 Å². The lowest BCUT2D eigenvalue weighted by Crippen LogP contribution is -2.51. The van der Waals surface area contributed by atoms with Gasteiger partial charge in [-0.25, -0.2) is 4.79 Å². The predicted octanol–water partition coefficient (Wildman–Crippen LogP) is 6.09. The highest BCUT2D eigenvalue weighted by Crippen LogP contribution is 2.48. The minimum absolute atomic E-state index is 0.0178. The van der Waals surface area contributed by atoms with Crippen LogP contribution in [0.4, 0.5) is 5.69 Å². The van der Waals surface area contributed by atoms with Gasteiger partial charge >= 0.3 is 5.97 Å². The second kappa shape index (κ2) is 12.2. The minimum Gasteiger partial charge on any atom is -0.490 e. The largest absolute Gasteiger partial charge is 0.490 e. The molecule has 0 saturated heterocycles. The fourth-order valence-corrected chi connectivity index (χ4v) is 9.18. The standard InChI is InChI=1S/C33H42ClNO7S/c1-40-31(22-5-3-7-26(16-22)42-43(2,38)39)27-11-8-24(27)18-35-19-33(14-4-6-21-15-25(34)10-12-28(21)33)20-41-30-13-9-23(32(36)37)17-29(30)35/h9-10,12-13,15,17,22,24,26-27,31H,3-8,11,14,16,18-20H2,1-2H3,(H,36,37)/t22-,24-,26+,27+,31-,33-/m0/s1. The Morgan fingerprint density at radius 1 is 1.16 bits per heavy atom. The van der Waals surface area contributed by atoms with Crippen LogP contribution < -0.4 is 9.64 Å². The monoisotopic (exact) mass is 631 g/mol. The Kier molecular flexibility index (Phi) is 8.72. The van der Waals surface area contributed by atoms with Gasteiger partial charge in [0, 0.05) is 30.6 Å². The van der Waals surface area contributed by atoms with Gasteiger partial charge in [0.1, 0.15) is 5.75 Å². The van der Waals surface area contributed by atoms with E-state index >= 15 is 0 Å². The summed E-state index contributed by atoms with van der Waals surface area (Å²) in [5, 5.41) is 10.6. The fraction of sp³-hybridized carbons (Fsp3) is 0.606. The molecule has 1 spiro atoms. The Morgan fingerprint density at radius 3 is 2.72 bits per heavy atom. The molecule has 0 amide bonds. The lowest BCUT2D eigenvalue weighted by Gasteiger charge is -2.48. The summed E-state index contributed by atoms with van der Waals surface area (Å²) in [6, 6.07) is 11.4. The molecule has 2 saturated carbocycles. The SMILES string of the molecule is CO[C@@H]([C@H]1CCC[C@@H](OS(C)(=O)=O)C1)[C@@H]1CC[C@H]1CN1C[C@@]2(CCCc3cc(Cl)ccc32)COc2ccc(C(=O)O)cc21. The molecule has 6 atom stereocenters. The fourth-order valence-electron chi connectivity index (χ4n) is 8.32. The Morgan fingerprint density at radius 2 is 2.00 bits per heavy atom. The molecule has 0 unspecified atom stereocenters. The van der Waals surface area contributed by atoms with Crippen LogP contribution in [0.15, 0.2) is 36.4 Å². The van der Waals surface area contributed by atoms with E-state index in [9.17, 15) is 18.3 Å². The highest BCUT2D eigenvalue weighted by molar-refractivity contribution is 7.86. The van der Waals surface area contributed by atoms with E-state index < -0.39 is 16.1 Å². The van der Waals surface area contributed by atoms with E-state index in [-0.39, 0.29) is 29.1 Å². The highest BCUT2D eigenvalue weighted by atomic mass is 35.5. The van der Waals surface area contributed by atoms with Crippen LogP contribution in [0.2, 0.25) is 5.02 Å². The number of carbonyl (C=O) groups is 1. The summed E-state index contributed by atoms with van der Waals surface area (Å²) in [5.41, 5.74) is 3.39. The number of carboxylic acids is 1. The molecule has 1 aliphatic heterocycles. The molecule has 10 heteroatoms. The molecule has 2 aromatic rings. The Labute approximate surface area is 259 Å². The molecule has 1 N–H and O–H groups in total. The van der Waals surface area contributed by atoms with E-state index in [0.29, 0.717) is 24.9 Å². The lowest BCUT2D eigenvalue weighted by atomic mass is 9.65. The van der Waals surface area contributed by atoms with Crippen molar-refractivity contribution >= 4 is 33.4 Å². The number of halogens is 1. The van der Waals surface area contributed by atoms with E-state index in [1.165, 1.54) is 11.1 Å². The van der Waals surface area contributed by atoms with Crippen LogP contribution in [-0.4, -0.2) is 64.8 Å². The number of ether oxygens (including phenoxy) is 2. The van der Waals surface area contributed by atoms with E-state index in [2.05, 4.69) is 17.0 Å². The number of benzene rings is 2. The Bertz CT molecular complexity index is 1470. The number of methoxy groups -OCH3 is 1. The van der Waals surface area contributed by atoms with Crippen LogP contribution in [0.3, 0.4) is 0 Å². The third-order valence-electron chi connectivity index (χ3n) is 10.4. The molecule has 3 aliphatic carbocycles. The van der Waals surface area contributed by atoms with Gasteiger partial charge in [-0.15, -0.1) is 0 Å². The van der Waals surface area contributed by atoms with Gasteiger partial charge in [0.05, 0.1) is 36.3 Å². The number of hydrogen-bond donors (Lipinski definition) is 1. The summed E-state index contributed by atoms with van der Waals surface area (Å²) in [6.07, 6.45) is 9.31. The summed E-state index contributed by atoms with van der Waals surface area (Å²) >= 11 is 6.40. The zero-order chi connectivity index (χ0) is 30.4. The number of carboxylic acid groups (broad SMARTS) is 1. The molecule has 0 bridgehead atoms. The van der Waals surface area contributed by atoms with Crippen molar-refractivity contribution in [2.45, 2.75) is 75.4 Å². The summed E-state index contributed by atoms with van der Waals surface area (Å²) in [5.74, 6) is 0.679. The van der Waals surface area contributed by atoms with Crippen molar-refractivity contribution in [3.63, 3.8) is 0 Å². The van der Waals surface area contributed by atoms with Crippen molar-refractivity contribution in [2.75, 3.05) is 38.0 Å². The van der Waals surface area contributed by atoms with Crippen LogP contribution >= 0.6 is 11.6 Å². The lowest BCUT2D eigenvalue weighted by molar-refractivity contribution is -0.0693. The quantitative estimate of drug-likeness (QED) is 0.350. The van der Waals surface area contributed by atoms with Crippen LogP contribution in [-0.2, 0) is 30.9 Å². The van der Waals surface area contributed by atoms with Crippen molar-refractivity contribution in [2.24, 2.45) is 17.8 Å². The van der Waals surface area contributed by atoms with Crippen LogP contribution in [0.25, 0.3) is 0 Å². The third-order valence-corrected chi connectivity index (χ3v) is 11.2. The highest BCUT2D eigenvalue weighted by Gasteiger charge is 2.46. The first-order valence-electron chi connectivity index (χ1n) is 15.5. The average Bonchev–Trinajstić information content (AvgIpc) is 3.10. The summed E-state index contributed by atoms with van der Waals surface area (Å²) < 4.78 is 41.7. The van der Waals surface area contributed by atoms with Gasteiger partial charge < -0.3 is 19.5 Å². The first kappa shape index (κ1) is 30.7. The van der Waals surface area contributed by atoms with Gasteiger partial charge in [0.15, 0.2) is 0 Å². The molecular weight excluding hydrogens is 590 g/mol. The molecule has 43 heavy (non-hydrogen) atoms. The molecule has 2 aromatic carbocycles. The van der Waals surface area contributed by atoms with Crippen molar-refractivity contribution in [1.29, 1.82) is 0 Å². The topological polar surface area (TPSA) is 102 Å². The van der Waals surface area contributed by atoms with Crippen molar-refractivity contribution in [1.82, 2.24) is 0 Å². The van der Waals surface area contributed by atoms with Crippen molar-refractivity contribution in [3.05, 3.63) is 58.1 Å². The normalized spacial score (nSPS) is 29.5. The van der Waals surface area contributed by atoms with Gasteiger partial charge in [-0.1, -0.05) is 24.1 Å². The molecular formula is C33H42ClNO7S. The van der Waals surface area contributed by atoms with E-state index in [4.69, 9.17) is 25.3 Å². The first-order valence-corrected chi connectivity index (χ1v) is 17.7. The van der Waals surface area contributed by atoms with Gasteiger partial charge in [-0.2, -0.15) is 8.42 Å². The van der Waals surface area contributed by atoms with Crippen LogP contribution in [0.1, 0.15) is 72.9 Å². The van der Waals surface area contributed by atoms with Gasteiger partial charge in [-0.05, 0) is 111 Å². The third kappa shape index (κ3) is 6.42. The summed E-state index contributed by atoms with van der Waals surface area (Å²) in [6.45, 7) is 2.02. The van der Waals surface area contributed by atoms with Gasteiger partial charge in [-0.3, -0.25) is 4.18 Å². The second-order valence-corrected chi connectivity index (χ2v) is 15.2. The number of fused-ring (bicyclic) bond motifs is 3. The molecule has 6 rings (SSSR count). The minimum atomic E-state index is -3.51. The van der Waals surface area contributed by atoms with Crippen LogP contribution in [0, 0.1) is 17.8 Å². The number of anilines is 1. The van der Waals surface area contributed by atoms with Gasteiger partial charge in [0.2, 0.25) is 0 Å². The number of rotatable bonds is 8. The zero-order valence-corrected chi connectivity index (χ0v) is 26.5. The van der Waals surface area contributed by atoms with E-state index in [1.54, 1.807) is 25.3 Å². The predicted molar refractivity (Wildman–Crippen MR) is 166 cm³/mol. The van der Waals surface area contributed by atoms with Crippen molar-refractivity contribution < 1.29 is 32.0 Å². The second-order valence-electron chi connectivity index (χ2n) is 13.1. The molecule has 2 fully saturated rings. The van der Waals surface area contributed by atoms with Crippen molar-refractivity contribution in [3.8, 4) is 5.75 Å². The summed E-state index contributed by atoms with van der Waals surface area (Å²) in [7, 11) is -1.74. The number of hydrogen-bond acceptors (Lipinski definition) is 7. The molecule has 0 aromatic heterocycles. The molecule has 1 heterocycles. The maximum Gasteiger partial charge on any atom is 0.335 e. The Hall–Kier alpha value is -2.33. The van der Waals surface area contributed by atoms with E-state index in [1.807, 2.05) is 6.07 Å².